The molecular weight excluding hydrogens is 420 g/mol. The number of para-hydroxylation sites is 2. The summed E-state index contributed by atoms with van der Waals surface area (Å²) in [7, 11) is -3.47. The molecule has 162 valence electrons. The molecule has 2 N–H and O–H groups in total. The molecule has 5 aromatic rings. The second-order valence-corrected chi connectivity index (χ2v) is 9.95. The maximum atomic E-state index is 12.1. The number of hydrogen-bond donors (Lipinski definition) is 2. The van der Waals surface area contributed by atoms with Gasteiger partial charge in [0.2, 0.25) is 10.0 Å². The largest absolute Gasteiger partial charge is 0.391 e. The number of sulfonamides is 1. The minimum Gasteiger partial charge on any atom is -0.391 e. The molecule has 0 radical (unpaired) electrons. The monoisotopic (exact) mass is 444 g/mol. The Hall–Kier alpha value is -3.35. The molecule has 4 aromatic carbocycles. The van der Waals surface area contributed by atoms with Gasteiger partial charge in [0.25, 0.3) is 0 Å². The molecule has 0 fully saturated rings. The van der Waals surface area contributed by atoms with Gasteiger partial charge in [-0.25, -0.2) is 8.42 Å². The normalized spacial score (nSPS) is 13.1. The Bertz CT molecular complexity index is 1500. The molecule has 0 spiro atoms. The van der Waals surface area contributed by atoms with Gasteiger partial charge in [-0.1, -0.05) is 72.8 Å². The van der Waals surface area contributed by atoms with E-state index >= 15 is 0 Å². The van der Waals surface area contributed by atoms with Crippen molar-refractivity contribution in [3.63, 3.8) is 0 Å². The highest BCUT2D eigenvalue weighted by atomic mass is 32.2. The predicted octanol–water partition coefficient (Wildman–Crippen LogP) is 4.92. The van der Waals surface area contributed by atoms with Gasteiger partial charge >= 0.3 is 0 Å². The van der Waals surface area contributed by atoms with E-state index in [2.05, 4.69) is 33.6 Å². The Kier molecular flexibility index (Phi) is 5.12. The summed E-state index contributed by atoms with van der Waals surface area (Å²) in [6.45, 7) is 0.402. The van der Waals surface area contributed by atoms with Gasteiger partial charge in [-0.15, -0.1) is 0 Å². The van der Waals surface area contributed by atoms with Crippen LogP contribution in [0, 0.1) is 0 Å². The number of hydrogen-bond acceptors (Lipinski definition) is 3. The molecule has 5 nitrogen and oxygen atoms in total. The second kappa shape index (κ2) is 7.97. The Morgan fingerprint density at radius 2 is 1.38 bits per heavy atom. The van der Waals surface area contributed by atoms with Crippen molar-refractivity contribution in [2.75, 3.05) is 11.0 Å². The van der Waals surface area contributed by atoms with Crippen molar-refractivity contribution in [1.29, 1.82) is 0 Å². The molecule has 1 atom stereocenters. The van der Waals surface area contributed by atoms with E-state index in [0.717, 1.165) is 44.4 Å². The molecule has 5 rings (SSSR count). The lowest BCUT2D eigenvalue weighted by atomic mass is 10.00. The number of aliphatic hydroxyl groups excluding tert-OH is 1. The third-order valence-electron chi connectivity index (χ3n) is 5.83. The zero-order valence-electron chi connectivity index (χ0n) is 17.7. The van der Waals surface area contributed by atoms with Crippen molar-refractivity contribution >= 4 is 48.3 Å². The number of nitrogens with zero attached hydrogens (tertiary/aromatic N) is 1. The number of aliphatic hydroxyl groups is 1. The van der Waals surface area contributed by atoms with Crippen molar-refractivity contribution in [2.24, 2.45) is 0 Å². The first-order valence-corrected chi connectivity index (χ1v) is 12.4. The second-order valence-electron chi connectivity index (χ2n) is 8.20. The van der Waals surface area contributed by atoms with Crippen LogP contribution in [0.15, 0.2) is 84.9 Å². The van der Waals surface area contributed by atoms with E-state index in [-0.39, 0.29) is 0 Å². The van der Waals surface area contributed by atoms with Crippen LogP contribution in [0.5, 0.6) is 0 Å². The summed E-state index contributed by atoms with van der Waals surface area (Å²) in [5.74, 6) is 0. The van der Waals surface area contributed by atoms with E-state index in [0.29, 0.717) is 18.7 Å². The van der Waals surface area contributed by atoms with E-state index in [4.69, 9.17) is 0 Å². The summed E-state index contributed by atoms with van der Waals surface area (Å²) in [4.78, 5) is 0. The van der Waals surface area contributed by atoms with Gasteiger partial charge in [-0.3, -0.25) is 4.72 Å². The van der Waals surface area contributed by atoms with Crippen LogP contribution in [-0.4, -0.2) is 30.5 Å². The Balaban J connectivity index is 1.54. The standard InChI is InChI=1S/C26H24N2O3S/c1-32(30,31)27-26-19(15-14-18-8-2-3-9-21(18)26)16-20(29)17-28-24-12-6-4-10-22(24)23-11-5-7-13-25(23)28/h2-15,20,27,29H,16-17H2,1H3. The van der Waals surface area contributed by atoms with Crippen LogP contribution < -0.4 is 4.72 Å². The molecule has 0 saturated heterocycles. The van der Waals surface area contributed by atoms with Crippen LogP contribution in [-0.2, 0) is 23.0 Å². The number of aromatic nitrogens is 1. The Labute approximate surface area is 187 Å². The van der Waals surface area contributed by atoms with E-state index in [1.807, 2.05) is 60.7 Å². The number of anilines is 1. The maximum absolute atomic E-state index is 12.1. The fourth-order valence-corrected chi connectivity index (χ4v) is 5.13. The number of nitrogens with one attached hydrogen (secondary N) is 1. The van der Waals surface area contributed by atoms with Crippen LogP contribution in [0.3, 0.4) is 0 Å². The van der Waals surface area contributed by atoms with Crippen molar-refractivity contribution in [2.45, 2.75) is 19.1 Å². The molecule has 0 aliphatic rings. The van der Waals surface area contributed by atoms with Crippen LogP contribution in [0.1, 0.15) is 5.56 Å². The molecular formula is C26H24N2O3S. The third kappa shape index (κ3) is 3.83. The quantitative estimate of drug-likeness (QED) is 0.390. The lowest BCUT2D eigenvalue weighted by molar-refractivity contribution is 0.157. The summed E-state index contributed by atoms with van der Waals surface area (Å²) in [6.07, 6.45) is 0.770. The zero-order valence-corrected chi connectivity index (χ0v) is 18.5. The summed E-state index contributed by atoms with van der Waals surface area (Å²) in [5, 5.41) is 15.2. The molecule has 0 aliphatic carbocycles. The van der Waals surface area contributed by atoms with E-state index in [1.165, 1.54) is 0 Å². The summed E-state index contributed by atoms with van der Waals surface area (Å²) >= 11 is 0. The van der Waals surface area contributed by atoms with Crippen LogP contribution in [0.2, 0.25) is 0 Å². The molecule has 0 bridgehead atoms. The van der Waals surface area contributed by atoms with Gasteiger partial charge in [0.1, 0.15) is 0 Å². The summed E-state index contributed by atoms with van der Waals surface area (Å²) in [6, 6.07) is 27.9. The predicted molar refractivity (Wildman–Crippen MR) is 132 cm³/mol. The lowest BCUT2D eigenvalue weighted by Gasteiger charge is -2.18. The highest BCUT2D eigenvalue weighted by Gasteiger charge is 2.17. The molecule has 1 unspecified atom stereocenters. The SMILES string of the molecule is CS(=O)(=O)Nc1c(CC(O)Cn2c3ccccc3c3ccccc32)ccc2ccccc12. The van der Waals surface area contributed by atoms with Crippen LogP contribution in [0.4, 0.5) is 5.69 Å². The molecule has 0 amide bonds. The van der Waals surface area contributed by atoms with Crippen molar-refractivity contribution in [3.8, 4) is 0 Å². The highest BCUT2D eigenvalue weighted by molar-refractivity contribution is 7.92. The third-order valence-corrected chi connectivity index (χ3v) is 6.41. The Morgan fingerprint density at radius 3 is 2.00 bits per heavy atom. The minimum atomic E-state index is -3.47. The van der Waals surface area contributed by atoms with Crippen molar-refractivity contribution in [3.05, 3.63) is 90.5 Å². The van der Waals surface area contributed by atoms with Gasteiger partial charge in [0.15, 0.2) is 0 Å². The molecule has 0 aliphatic heterocycles. The molecule has 1 aromatic heterocycles. The number of rotatable bonds is 6. The first-order chi connectivity index (χ1) is 15.4. The van der Waals surface area contributed by atoms with E-state index < -0.39 is 16.1 Å². The topological polar surface area (TPSA) is 71.3 Å². The average Bonchev–Trinajstić information content (AvgIpc) is 3.08. The number of fused-ring (bicyclic) bond motifs is 4. The van der Waals surface area contributed by atoms with Gasteiger partial charge in [0.05, 0.1) is 18.0 Å². The lowest BCUT2D eigenvalue weighted by Crippen LogP contribution is -2.20. The minimum absolute atomic E-state index is 0.323. The molecule has 32 heavy (non-hydrogen) atoms. The average molecular weight is 445 g/mol. The van der Waals surface area contributed by atoms with Crippen molar-refractivity contribution < 1.29 is 13.5 Å². The van der Waals surface area contributed by atoms with Crippen LogP contribution >= 0.6 is 0 Å². The van der Waals surface area contributed by atoms with Gasteiger partial charge in [0, 0.05) is 40.2 Å². The highest BCUT2D eigenvalue weighted by Crippen LogP contribution is 2.31. The first kappa shape index (κ1) is 20.5. The zero-order chi connectivity index (χ0) is 22.3. The molecule has 6 heteroatoms. The Morgan fingerprint density at radius 1 is 0.812 bits per heavy atom. The maximum Gasteiger partial charge on any atom is 0.229 e. The van der Waals surface area contributed by atoms with Gasteiger partial charge in [-0.05, 0) is 23.1 Å². The molecule has 1 heterocycles. The van der Waals surface area contributed by atoms with Crippen molar-refractivity contribution in [1.82, 2.24) is 4.57 Å². The first-order valence-electron chi connectivity index (χ1n) is 10.5. The number of benzene rings is 4. The van der Waals surface area contributed by atoms with E-state index in [9.17, 15) is 13.5 Å². The van der Waals surface area contributed by atoms with Gasteiger partial charge in [-0.2, -0.15) is 0 Å². The smallest absolute Gasteiger partial charge is 0.229 e. The fourth-order valence-electron chi connectivity index (χ4n) is 4.52. The van der Waals surface area contributed by atoms with E-state index in [1.54, 1.807) is 0 Å². The molecule has 0 saturated carbocycles. The fraction of sp³-hybridized carbons (Fsp3) is 0.154. The van der Waals surface area contributed by atoms with Gasteiger partial charge < -0.3 is 9.67 Å². The van der Waals surface area contributed by atoms with Crippen LogP contribution in [0.25, 0.3) is 32.6 Å². The summed E-state index contributed by atoms with van der Waals surface area (Å²) < 4.78 is 28.9. The summed E-state index contributed by atoms with van der Waals surface area (Å²) in [5.41, 5.74) is 3.44.